The van der Waals surface area contributed by atoms with Crippen LogP contribution in [-0.2, 0) is 10.2 Å². The van der Waals surface area contributed by atoms with Crippen molar-refractivity contribution in [1.29, 1.82) is 0 Å². The van der Waals surface area contributed by atoms with Gasteiger partial charge in [0, 0.05) is 6.20 Å². The van der Waals surface area contributed by atoms with Crippen LogP contribution >= 0.6 is 0 Å². The molecule has 0 fully saturated rings. The zero-order valence-electron chi connectivity index (χ0n) is 12.2. The van der Waals surface area contributed by atoms with Gasteiger partial charge in [-0.3, -0.25) is 0 Å². The Hall–Kier alpha value is -1.84. The summed E-state index contributed by atoms with van der Waals surface area (Å²) in [4.78, 5) is 12.1. The molecule has 0 saturated heterocycles. The number of aromatic nitrogens is 2. The summed E-state index contributed by atoms with van der Waals surface area (Å²) in [6.07, 6.45) is 3.56. The lowest BCUT2D eigenvalue weighted by Crippen LogP contribution is -2.20. The van der Waals surface area contributed by atoms with Gasteiger partial charge >= 0.3 is 5.97 Å². The number of nitrogens with zero attached hydrogens (tertiary/aromatic N) is 2. The summed E-state index contributed by atoms with van der Waals surface area (Å²) in [6.45, 7) is 10.5. The van der Waals surface area contributed by atoms with E-state index in [9.17, 15) is 4.79 Å². The second-order valence-corrected chi connectivity index (χ2v) is 5.75. The number of esters is 1. The van der Waals surface area contributed by atoms with E-state index in [-0.39, 0.29) is 11.4 Å². The summed E-state index contributed by atoms with van der Waals surface area (Å²) in [5.41, 5.74) is 3.47. The Morgan fingerprint density at radius 3 is 2.68 bits per heavy atom. The lowest BCUT2D eigenvalue weighted by molar-refractivity contribution is 0.0523. The molecule has 4 nitrogen and oxygen atoms in total. The first-order valence-electron chi connectivity index (χ1n) is 6.50. The van der Waals surface area contributed by atoms with Crippen LogP contribution in [0, 0.1) is 6.92 Å². The van der Waals surface area contributed by atoms with Gasteiger partial charge in [-0.25, -0.2) is 9.31 Å². The molecule has 0 aliphatic rings. The summed E-state index contributed by atoms with van der Waals surface area (Å²) in [5.74, 6) is -0.304. The second kappa shape index (κ2) is 4.68. The van der Waals surface area contributed by atoms with E-state index in [1.807, 2.05) is 24.6 Å². The topological polar surface area (TPSA) is 43.6 Å². The lowest BCUT2D eigenvalue weighted by atomic mass is 9.84. The Bertz CT molecular complexity index is 621. The van der Waals surface area contributed by atoms with Gasteiger partial charge in [0.2, 0.25) is 0 Å². The zero-order valence-corrected chi connectivity index (χ0v) is 12.2. The second-order valence-electron chi connectivity index (χ2n) is 5.75. The van der Waals surface area contributed by atoms with Gasteiger partial charge in [0.15, 0.2) is 0 Å². The van der Waals surface area contributed by atoms with Crippen LogP contribution in [0.1, 0.15) is 49.2 Å². The number of aryl methyl sites for hydroxylation is 1. The molecule has 0 saturated carbocycles. The highest BCUT2D eigenvalue weighted by Gasteiger charge is 2.26. The van der Waals surface area contributed by atoms with E-state index in [1.165, 1.54) is 0 Å². The van der Waals surface area contributed by atoms with E-state index >= 15 is 0 Å². The van der Waals surface area contributed by atoms with Gasteiger partial charge < -0.3 is 4.74 Å². The van der Waals surface area contributed by atoms with Gasteiger partial charge in [0.05, 0.1) is 23.9 Å². The minimum Gasteiger partial charge on any atom is -0.462 e. The van der Waals surface area contributed by atoms with Crippen LogP contribution in [0.25, 0.3) is 5.52 Å². The highest BCUT2D eigenvalue weighted by Crippen LogP contribution is 2.30. The molecular formula is C15H20N2O2. The number of carbonyl (C=O) groups excluding carboxylic acids is 1. The Kier molecular flexibility index (Phi) is 3.35. The number of fused-ring (bicyclic) bond motifs is 1. The van der Waals surface area contributed by atoms with Crippen molar-refractivity contribution in [3.63, 3.8) is 0 Å². The molecule has 0 aromatic carbocycles. The summed E-state index contributed by atoms with van der Waals surface area (Å²) >= 11 is 0. The van der Waals surface area contributed by atoms with Gasteiger partial charge in [-0.2, -0.15) is 5.10 Å². The third-order valence-corrected chi connectivity index (χ3v) is 3.02. The Labute approximate surface area is 113 Å². The van der Waals surface area contributed by atoms with Gasteiger partial charge in [-0.05, 0) is 36.5 Å². The van der Waals surface area contributed by atoms with Crippen LogP contribution in [0.15, 0.2) is 18.5 Å². The number of ether oxygens (including phenoxy) is 1. The van der Waals surface area contributed by atoms with E-state index < -0.39 is 0 Å². The normalized spacial score (nSPS) is 11.8. The number of carbonyl (C=O) groups is 1. The molecule has 0 amide bonds. The molecule has 2 aromatic heterocycles. The smallest absolute Gasteiger partial charge is 0.340 e. The predicted octanol–water partition coefficient (Wildman–Crippen LogP) is 3.12. The fourth-order valence-electron chi connectivity index (χ4n) is 2.34. The van der Waals surface area contributed by atoms with E-state index in [4.69, 9.17) is 4.74 Å². The van der Waals surface area contributed by atoms with Gasteiger partial charge in [0.25, 0.3) is 0 Å². The monoisotopic (exact) mass is 260 g/mol. The molecule has 102 valence electrons. The molecule has 0 aliphatic carbocycles. The first kappa shape index (κ1) is 13.6. The molecular weight excluding hydrogens is 240 g/mol. The minimum atomic E-state index is -0.304. The molecule has 19 heavy (non-hydrogen) atoms. The van der Waals surface area contributed by atoms with E-state index in [0.717, 1.165) is 16.6 Å². The van der Waals surface area contributed by atoms with E-state index in [0.29, 0.717) is 12.2 Å². The molecule has 0 bridgehead atoms. The van der Waals surface area contributed by atoms with Crippen molar-refractivity contribution in [1.82, 2.24) is 9.61 Å². The largest absolute Gasteiger partial charge is 0.462 e. The highest BCUT2D eigenvalue weighted by atomic mass is 16.5. The van der Waals surface area contributed by atoms with Crippen LogP contribution in [0.5, 0.6) is 0 Å². The molecule has 0 spiro atoms. The Morgan fingerprint density at radius 2 is 2.11 bits per heavy atom. The first-order chi connectivity index (χ1) is 8.84. The fraction of sp³-hybridized carbons (Fsp3) is 0.467. The van der Waals surface area contributed by atoms with Crippen LogP contribution < -0.4 is 0 Å². The van der Waals surface area contributed by atoms with Crippen molar-refractivity contribution in [2.24, 2.45) is 0 Å². The molecule has 2 rings (SSSR count). The third kappa shape index (κ3) is 2.48. The zero-order chi connectivity index (χ0) is 14.2. The maximum Gasteiger partial charge on any atom is 0.340 e. The quantitative estimate of drug-likeness (QED) is 0.779. The molecule has 0 aliphatic heterocycles. The molecule has 2 aromatic rings. The first-order valence-corrected chi connectivity index (χ1v) is 6.50. The molecule has 4 heteroatoms. The average molecular weight is 260 g/mol. The SMILES string of the molecule is CCOC(=O)c1cnn2cc(C)cc2c1C(C)(C)C. The highest BCUT2D eigenvalue weighted by molar-refractivity contribution is 5.93. The third-order valence-electron chi connectivity index (χ3n) is 3.02. The van der Waals surface area contributed by atoms with Crippen LogP contribution in [0.3, 0.4) is 0 Å². The van der Waals surface area contributed by atoms with Crippen molar-refractivity contribution in [2.45, 2.75) is 40.0 Å². The molecule has 0 radical (unpaired) electrons. The van der Waals surface area contributed by atoms with Crippen molar-refractivity contribution in [3.05, 3.63) is 35.2 Å². The maximum atomic E-state index is 12.1. The van der Waals surface area contributed by atoms with Crippen molar-refractivity contribution >= 4 is 11.5 Å². The van der Waals surface area contributed by atoms with Gasteiger partial charge in [0.1, 0.15) is 0 Å². The van der Waals surface area contributed by atoms with Crippen LogP contribution in [-0.4, -0.2) is 22.2 Å². The molecule has 0 unspecified atom stereocenters. The number of hydrogen-bond acceptors (Lipinski definition) is 3. The van der Waals surface area contributed by atoms with Gasteiger partial charge in [-0.15, -0.1) is 0 Å². The summed E-state index contributed by atoms with van der Waals surface area (Å²) in [6, 6.07) is 2.05. The average Bonchev–Trinajstić information content (AvgIpc) is 2.66. The van der Waals surface area contributed by atoms with E-state index in [1.54, 1.807) is 6.20 Å². The summed E-state index contributed by atoms with van der Waals surface area (Å²) in [7, 11) is 0. The molecule has 0 atom stereocenters. The summed E-state index contributed by atoms with van der Waals surface area (Å²) < 4.78 is 6.95. The Morgan fingerprint density at radius 1 is 1.42 bits per heavy atom. The van der Waals surface area contributed by atoms with Crippen LogP contribution in [0.4, 0.5) is 0 Å². The van der Waals surface area contributed by atoms with E-state index in [2.05, 4.69) is 31.9 Å². The Balaban J connectivity index is 2.73. The summed E-state index contributed by atoms with van der Waals surface area (Å²) in [5, 5.41) is 4.30. The fourth-order valence-corrected chi connectivity index (χ4v) is 2.34. The molecule has 2 heterocycles. The maximum absolute atomic E-state index is 12.1. The van der Waals surface area contributed by atoms with Gasteiger partial charge in [-0.1, -0.05) is 20.8 Å². The van der Waals surface area contributed by atoms with Crippen molar-refractivity contribution < 1.29 is 9.53 Å². The number of hydrogen-bond donors (Lipinski definition) is 0. The molecule has 0 N–H and O–H groups in total. The standard InChI is InChI=1S/C15H20N2O2/c1-6-19-14(18)11-8-16-17-9-10(2)7-12(17)13(11)15(3,4)5/h7-9H,6H2,1-5H3. The van der Waals surface area contributed by atoms with Crippen LogP contribution in [0.2, 0.25) is 0 Å². The van der Waals surface area contributed by atoms with Crippen molar-refractivity contribution in [3.8, 4) is 0 Å². The van der Waals surface area contributed by atoms with Crippen molar-refractivity contribution in [2.75, 3.05) is 6.61 Å². The minimum absolute atomic E-state index is 0.156. The number of rotatable bonds is 2. The predicted molar refractivity (Wildman–Crippen MR) is 74.6 cm³/mol. The lowest BCUT2D eigenvalue weighted by Gasteiger charge is -2.23.